The normalized spacial score (nSPS) is 10.4. The molecule has 0 fully saturated rings. The zero-order valence-corrected chi connectivity index (χ0v) is 12.8. The van der Waals surface area contributed by atoms with Gasteiger partial charge in [-0.3, -0.25) is 24.9 Å². The molecule has 0 saturated carbocycles. The highest BCUT2D eigenvalue weighted by atomic mass is 16.6. The number of carbonyl (C=O) groups excluding carboxylic acids is 2. The molecule has 9 heteroatoms. The molecule has 2 amide bonds. The van der Waals surface area contributed by atoms with E-state index in [4.69, 9.17) is 5.21 Å². The fourth-order valence-corrected chi connectivity index (χ4v) is 1.91. The molecule has 0 spiro atoms. The van der Waals surface area contributed by atoms with E-state index < -0.39 is 10.8 Å². The molecule has 0 heterocycles. The minimum atomic E-state index is -0.524. The second-order valence-electron chi connectivity index (χ2n) is 4.78. The van der Waals surface area contributed by atoms with Gasteiger partial charge in [0.05, 0.1) is 4.92 Å². The van der Waals surface area contributed by atoms with Crippen molar-refractivity contribution in [1.82, 2.24) is 15.7 Å². The fraction of sp³-hybridized carbons (Fsp3) is 0.429. The van der Waals surface area contributed by atoms with Gasteiger partial charge in [0.2, 0.25) is 5.91 Å². The Kier molecular flexibility index (Phi) is 7.64. The van der Waals surface area contributed by atoms with Crippen molar-refractivity contribution in [2.75, 3.05) is 26.2 Å². The summed E-state index contributed by atoms with van der Waals surface area (Å²) in [4.78, 5) is 34.9. The second-order valence-corrected chi connectivity index (χ2v) is 4.78. The van der Waals surface area contributed by atoms with Crippen LogP contribution in [0.2, 0.25) is 0 Å². The lowest BCUT2D eigenvalue weighted by molar-refractivity contribution is -0.384. The summed E-state index contributed by atoms with van der Waals surface area (Å²) in [6.45, 7) is 4.02. The third-order valence-electron chi connectivity index (χ3n) is 3.28. The number of nitrogens with one attached hydrogen (secondary N) is 2. The Labute approximate surface area is 133 Å². The number of hydroxylamine groups is 1. The molecule has 0 aliphatic rings. The third-order valence-corrected chi connectivity index (χ3v) is 3.28. The summed E-state index contributed by atoms with van der Waals surface area (Å²) < 4.78 is 0. The molecular formula is C14H20N4O5. The molecule has 0 saturated heterocycles. The summed E-state index contributed by atoms with van der Waals surface area (Å²) in [6, 6.07) is 5.36. The number of carbonyl (C=O) groups is 2. The molecule has 0 aliphatic carbocycles. The molecule has 0 radical (unpaired) electrons. The van der Waals surface area contributed by atoms with Crippen molar-refractivity contribution < 1.29 is 19.7 Å². The van der Waals surface area contributed by atoms with Gasteiger partial charge in [-0.25, -0.2) is 5.48 Å². The molecule has 1 aromatic carbocycles. The summed E-state index contributed by atoms with van der Waals surface area (Å²) in [5.41, 5.74) is 1.85. The Morgan fingerprint density at radius 2 is 1.91 bits per heavy atom. The Balaban J connectivity index is 2.39. The molecule has 1 aromatic rings. The van der Waals surface area contributed by atoms with Crippen LogP contribution in [-0.4, -0.2) is 53.0 Å². The Morgan fingerprint density at radius 3 is 2.43 bits per heavy atom. The van der Waals surface area contributed by atoms with E-state index in [1.165, 1.54) is 24.3 Å². The number of nitro benzene ring substituents is 1. The molecule has 9 nitrogen and oxygen atoms in total. The van der Waals surface area contributed by atoms with Crippen LogP contribution in [0.3, 0.4) is 0 Å². The number of nitro groups is 1. The van der Waals surface area contributed by atoms with Crippen LogP contribution in [0.25, 0.3) is 0 Å². The monoisotopic (exact) mass is 324 g/mol. The predicted octanol–water partition coefficient (Wildman–Crippen LogP) is 0.542. The second kappa shape index (κ2) is 9.49. The predicted molar refractivity (Wildman–Crippen MR) is 82.1 cm³/mol. The average Bonchev–Trinajstić information content (AvgIpc) is 2.57. The summed E-state index contributed by atoms with van der Waals surface area (Å²) in [7, 11) is 0. The SMILES string of the molecule is CCN(CCNC(=O)c1ccc([N+](=O)[O-])cc1)CCC(=O)NO. The van der Waals surface area contributed by atoms with Crippen LogP contribution in [0.1, 0.15) is 23.7 Å². The standard InChI is InChI=1S/C14H20N4O5/c1-2-17(9-7-13(19)16-21)10-8-15-14(20)11-3-5-12(6-4-11)18(22)23/h3-6,21H,2,7-10H2,1H3,(H,15,20)(H,16,19). The van der Waals surface area contributed by atoms with Crippen molar-refractivity contribution in [2.24, 2.45) is 0 Å². The number of rotatable bonds is 9. The van der Waals surface area contributed by atoms with E-state index in [0.717, 1.165) is 0 Å². The van der Waals surface area contributed by atoms with Crippen molar-refractivity contribution >= 4 is 17.5 Å². The summed E-state index contributed by atoms with van der Waals surface area (Å²) in [5, 5.41) is 21.7. The number of hydrogen-bond acceptors (Lipinski definition) is 6. The number of amides is 2. The van der Waals surface area contributed by atoms with E-state index in [2.05, 4.69) is 5.32 Å². The number of non-ortho nitro benzene ring substituents is 1. The van der Waals surface area contributed by atoms with E-state index in [9.17, 15) is 19.7 Å². The minimum Gasteiger partial charge on any atom is -0.351 e. The van der Waals surface area contributed by atoms with Crippen LogP contribution >= 0.6 is 0 Å². The first kappa shape index (κ1) is 18.5. The number of hydrogen-bond donors (Lipinski definition) is 3. The molecule has 0 atom stereocenters. The molecule has 0 aromatic heterocycles. The molecule has 0 aliphatic heterocycles. The lowest BCUT2D eigenvalue weighted by Crippen LogP contribution is -2.36. The maximum absolute atomic E-state index is 11.9. The Bertz CT molecular complexity index is 547. The zero-order chi connectivity index (χ0) is 17.2. The van der Waals surface area contributed by atoms with Crippen molar-refractivity contribution in [1.29, 1.82) is 0 Å². The maximum Gasteiger partial charge on any atom is 0.269 e. The average molecular weight is 324 g/mol. The van der Waals surface area contributed by atoms with Crippen LogP contribution in [-0.2, 0) is 4.79 Å². The van der Waals surface area contributed by atoms with Gasteiger partial charge in [-0.15, -0.1) is 0 Å². The third kappa shape index (κ3) is 6.41. The highest BCUT2D eigenvalue weighted by Gasteiger charge is 2.10. The molecule has 0 bridgehead atoms. The van der Waals surface area contributed by atoms with Crippen LogP contribution in [0, 0.1) is 10.1 Å². The lowest BCUT2D eigenvalue weighted by Gasteiger charge is -2.19. The first-order chi connectivity index (χ1) is 11.0. The first-order valence-corrected chi connectivity index (χ1v) is 7.15. The van der Waals surface area contributed by atoms with Crippen molar-refractivity contribution in [2.45, 2.75) is 13.3 Å². The largest absolute Gasteiger partial charge is 0.351 e. The summed E-state index contributed by atoms with van der Waals surface area (Å²) >= 11 is 0. The van der Waals surface area contributed by atoms with Crippen molar-refractivity contribution in [3.05, 3.63) is 39.9 Å². The van der Waals surface area contributed by atoms with E-state index in [1.54, 1.807) is 5.48 Å². The molecular weight excluding hydrogens is 304 g/mol. The van der Waals surface area contributed by atoms with Crippen molar-refractivity contribution in [3.63, 3.8) is 0 Å². The van der Waals surface area contributed by atoms with Crippen LogP contribution in [0.4, 0.5) is 5.69 Å². The Hall–Kier alpha value is -2.52. The van der Waals surface area contributed by atoms with Crippen molar-refractivity contribution in [3.8, 4) is 0 Å². The minimum absolute atomic E-state index is 0.0686. The quantitative estimate of drug-likeness (QED) is 0.346. The van der Waals surface area contributed by atoms with E-state index in [-0.39, 0.29) is 18.0 Å². The Morgan fingerprint density at radius 1 is 1.26 bits per heavy atom. The topological polar surface area (TPSA) is 125 Å². The van der Waals surface area contributed by atoms with Gasteiger partial charge in [0.25, 0.3) is 11.6 Å². The van der Waals surface area contributed by atoms with Gasteiger partial charge in [-0.1, -0.05) is 6.92 Å². The van der Waals surface area contributed by atoms with Gasteiger partial charge in [-0.05, 0) is 18.7 Å². The van der Waals surface area contributed by atoms with Gasteiger partial charge in [0.1, 0.15) is 0 Å². The zero-order valence-electron chi connectivity index (χ0n) is 12.8. The van der Waals surface area contributed by atoms with Crippen LogP contribution in [0.15, 0.2) is 24.3 Å². The number of nitrogens with zero attached hydrogens (tertiary/aromatic N) is 2. The number of likely N-dealkylation sites (N-methyl/N-ethyl adjacent to an activating group) is 1. The van der Waals surface area contributed by atoms with Gasteiger partial charge in [0.15, 0.2) is 0 Å². The molecule has 0 unspecified atom stereocenters. The van der Waals surface area contributed by atoms with Gasteiger partial charge >= 0.3 is 0 Å². The van der Waals surface area contributed by atoms with Gasteiger partial charge < -0.3 is 10.2 Å². The van der Waals surface area contributed by atoms with E-state index >= 15 is 0 Å². The smallest absolute Gasteiger partial charge is 0.269 e. The van der Waals surface area contributed by atoms with Crippen LogP contribution < -0.4 is 10.8 Å². The maximum atomic E-state index is 11.9. The highest BCUT2D eigenvalue weighted by Crippen LogP contribution is 2.11. The summed E-state index contributed by atoms with van der Waals surface area (Å²) in [5.74, 6) is -0.776. The molecule has 1 rings (SSSR count). The molecule has 23 heavy (non-hydrogen) atoms. The summed E-state index contributed by atoms with van der Waals surface area (Å²) in [6.07, 6.45) is 0.167. The highest BCUT2D eigenvalue weighted by molar-refractivity contribution is 5.94. The fourth-order valence-electron chi connectivity index (χ4n) is 1.91. The molecule has 3 N–H and O–H groups in total. The van der Waals surface area contributed by atoms with Gasteiger partial charge in [0, 0.05) is 43.8 Å². The van der Waals surface area contributed by atoms with E-state index in [1.807, 2.05) is 11.8 Å². The first-order valence-electron chi connectivity index (χ1n) is 7.15. The lowest BCUT2D eigenvalue weighted by atomic mass is 10.2. The van der Waals surface area contributed by atoms with E-state index in [0.29, 0.717) is 31.7 Å². The number of benzene rings is 1. The van der Waals surface area contributed by atoms with Gasteiger partial charge in [-0.2, -0.15) is 0 Å². The molecule has 126 valence electrons. The van der Waals surface area contributed by atoms with Crippen LogP contribution in [0.5, 0.6) is 0 Å².